The maximum Gasteiger partial charge on any atom is 0.328 e. The summed E-state index contributed by atoms with van der Waals surface area (Å²) in [5, 5.41) is 6.36. The summed E-state index contributed by atoms with van der Waals surface area (Å²) in [7, 11) is 1.56. The SMILES string of the molecule is COc1ccc(CNC(=O)C(=O)Nn2c(C(=O)Nc3ccccc3Cl)cc3cc(Br)ccc32)cc1. The van der Waals surface area contributed by atoms with Gasteiger partial charge in [-0.1, -0.05) is 51.8 Å². The number of carbonyl (C=O) groups excluding carboxylic acids is 3. The van der Waals surface area contributed by atoms with E-state index in [1.807, 2.05) is 0 Å². The van der Waals surface area contributed by atoms with Crippen molar-refractivity contribution in [2.24, 2.45) is 0 Å². The lowest BCUT2D eigenvalue weighted by Gasteiger charge is -2.13. The van der Waals surface area contributed by atoms with Gasteiger partial charge in [-0.3, -0.25) is 19.8 Å². The number of hydrogen-bond acceptors (Lipinski definition) is 4. The molecule has 0 atom stereocenters. The van der Waals surface area contributed by atoms with Crippen molar-refractivity contribution in [2.45, 2.75) is 6.54 Å². The second-order valence-electron chi connectivity index (χ2n) is 7.47. The van der Waals surface area contributed by atoms with Gasteiger partial charge >= 0.3 is 11.8 Å². The first-order chi connectivity index (χ1) is 16.9. The quantitative estimate of drug-likeness (QED) is 0.300. The molecule has 0 unspecified atom stereocenters. The molecule has 0 aliphatic heterocycles. The highest BCUT2D eigenvalue weighted by molar-refractivity contribution is 9.10. The van der Waals surface area contributed by atoms with E-state index in [4.69, 9.17) is 16.3 Å². The molecular formula is C25H20BrClN4O4. The van der Waals surface area contributed by atoms with Gasteiger partial charge in [-0.2, -0.15) is 0 Å². The third kappa shape index (κ3) is 5.64. The molecule has 0 spiro atoms. The van der Waals surface area contributed by atoms with Crippen LogP contribution in [0.15, 0.2) is 77.3 Å². The summed E-state index contributed by atoms with van der Waals surface area (Å²) in [4.78, 5) is 38.3. The van der Waals surface area contributed by atoms with Gasteiger partial charge in [0.15, 0.2) is 0 Å². The summed E-state index contributed by atoms with van der Waals surface area (Å²) < 4.78 is 7.19. The van der Waals surface area contributed by atoms with E-state index in [0.717, 1.165) is 10.0 Å². The molecule has 1 aromatic heterocycles. The zero-order valence-electron chi connectivity index (χ0n) is 18.5. The standard InChI is InChI=1S/C25H20BrClN4O4/c1-35-18-9-6-15(7-10-18)14-28-24(33)25(34)30-31-21-11-8-17(26)12-16(21)13-22(31)23(32)29-20-5-3-2-4-19(20)27/h2-13H,14H2,1H3,(H,28,33)(H,29,32)(H,30,34). The number of nitrogens with one attached hydrogen (secondary N) is 3. The average molecular weight is 556 g/mol. The van der Waals surface area contributed by atoms with Crippen molar-refractivity contribution in [1.82, 2.24) is 9.99 Å². The molecule has 4 rings (SSSR count). The molecule has 1 heterocycles. The Hall–Kier alpha value is -3.82. The van der Waals surface area contributed by atoms with Crippen molar-refractivity contribution >= 4 is 61.8 Å². The van der Waals surface area contributed by atoms with Gasteiger partial charge < -0.3 is 15.4 Å². The summed E-state index contributed by atoms with van der Waals surface area (Å²) in [6, 6.07) is 20.8. The van der Waals surface area contributed by atoms with Crippen molar-refractivity contribution in [1.29, 1.82) is 0 Å². The Balaban J connectivity index is 1.54. The Morgan fingerprint density at radius 3 is 2.43 bits per heavy atom. The smallest absolute Gasteiger partial charge is 0.328 e. The minimum Gasteiger partial charge on any atom is -0.497 e. The molecule has 0 aliphatic carbocycles. The summed E-state index contributed by atoms with van der Waals surface area (Å²) in [6.45, 7) is 0.148. The average Bonchev–Trinajstić information content (AvgIpc) is 3.21. The Morgan fingerprint density at radius 2 is 1.71 bits per heavy atom. The summed E-state index contributed by atoms with van der Waals surface area (Å²) in [5.41, 5.74) is 4.39. The van der Waals surface area contributed by atoms with Gasteiger partial charge in [0.25, 0.3) is 5.91 Å². The maximum atomic E-state index is 13.1. The van der Waals surface area contributed by atoms with Crippen LogP contribution in [0.3, 0.4) is 0 Å². The highest BCUT2D eigenvalue weighted by atomic mass is 79.9. The van der Waals surface area contributed by atoms with E-state index in [0.29, 0.717) is 27.4 Å². The van der Waals surface area contributed by atoms with E-state index in [1.54, 1.807) is 79.9 Å². The number of fused-ring (bicyclic) bond motifs is 1. The lowest BCUT2D eigenvalue weighted by Crippen LogP contribution is -2.39. The molecule has 4 aromatic rings. The van der Waals surface area contributed by atoms with Crippen LogP contribution in [0.4, 0.5) is 5.69 Å². The van der Waals surface area contributed by atoms with Gasteiger partial charge in [0.05, 0.1) is 23.3 Å². The molecule has 3 N–H and O–H groups in total. The predicted octanol–water partition coefficient (Wildman–Crippen LogP) is 4.70. The van der Waals surface area contributed by atoms with Crippen LogP contribution in [-0.4, -0.2) is 29.5 Å². The predicted molar refractivity (Wildman–Crippen MR) is 138 cm³/mol. The van der Waals surface area contributed by atoms with E-state index < -0.39 is 17.7 Å². The molecule has 3 aromatic carbocycles. The number of nitrogens with zero attached hydrogens (tertiary/aromatic N) is 1. The zero-order chi connectivity index (χ0) is 24.9. The van der Waals surface area contributed by atoms with E-state index in [1.165, 1.54) is 4.68 Å². The first kappa shape index (κ1) is 24.3. The summed E-state index contributed by atoms with van der Waals surface area (Å²) in [6.07, 6.45) is 0. The number of hydrogen-bond donors (Lipinski definition) is 3. The number of benzene rings is 3. The van der Waals surface area contributed by atoms with Crippen molar-refractivity contribution in [3.05, 3.63) is 93.5 Å². The number of rotatable bonds is 6. The Kier molecular flexibility index (Phi) is 7.38. The number of para-hydroxylation sites is 1. The van der Waals surface area contributed by atoms with Gasteiger partial charge in [0.1, 0.15) is 11.4 Å². The van der Waals surface area contributed by atoms with Crippen LogP contribution < -0.4 is 20.8 Å². The van der Waals surface area contributed by atoms with Gasteiger partial charge in [-0.05, 0) is 54.1 Å². The van der Waals surface area contributed by atoms with Crippen molar-refractivity contribution in [3.63, 3.8) is 0 Å². The van der Waals surface area contributed by atoms with E-state index in [9.17, 15) is 14.4 Å². The summed E-state index contributed by atoms with van der Waals surface area (Å²) >= 11 is 9.57. The fourth-order valence-corrected chi connectivity index (χ4v) is 3.94. The second kappa shape index (κ2) is 10.6. The van der Waals surface area contributed by atoms with Gasteiger partial charge in [-0.15, -0.1) is 0 Å². The van der Waals surface area contributed by atoms with E-state index in [-0.39, 0.29) is 12.2 Å². The van der Waals surface area contributed by atoms with Gasteiger partial charge in [0.2, 0.25) is 0 Å². The van der Waals surface area contributed by atoms with Crippen LogP contribution in [0, 0.1) is 0 Å². The summed E-state index contributed by atoms with van der Waals surface area (Å²) in [5.74, 6) is -1.60. The normalized spacial score (nSPS) is 10.6. The third-order valence-corrected chi connectivity index (χ3v) is 5.97. The molecule has 35 heavy (non-hydrogen) atoms. The van der Waals surface area contributed by atoms with Crippen LogP contribution in [0.2, 0.25) is 5.02 Å². The molecule has 0 saturated carbocycles. The molecule has 0 saturated heterocycles. The van der Waals surface area contributed by atoms with Crippen LogP contribution >= 0.6 is 27.5 Å². The first-order valence-corrected chi connectivity index (χ1v) is 11.6. The van der Waals surface area contributed by atoms with Crippen LogP contribution in [0.25, 0.3) is 10.9 Å². The largest absolute Gasteiger partial charge is 0.497 e. The van der Waals surface area contributed by atoms with Crippen molar-refractivity contribution in [3.8, 4) is 5.75 Å². The molecule has 0 bridgehead atoms. The van der Waals surface area contributed by atoms with Gasteiger partial charge in [-0.25, -0.2) is 4.68 Å². The van der Waals surface area contributed by atoms with E-state index in [2.05, 4.69) is 32.0 Å². The van der Waals surface area contributed by atoms with Crippen LogP contribution in [-0.2, 0) is 16.1 Å². The van der Waals surface area contributed by atoms with Gasteiger partial charge in [0, 0.05) is 16.4 Å². The Labute approximate surface area is 214 Å². The number of carbonyl (C=O) groups is 3. The molecule has 0 radical (unpaired) electrons. The number of aromatic nitrogens is 1. The lowest BCUT2D eigenvalue weighted by molar-refractivity contribution is -0.136. The topological polar surface area (TPSA) is 101 Å². The lowest BCUT2D eigenvalue weighted by atomic mass is 10.2. The third-order valence-electron chi connectivity index (χ3n) is 5.15. The molecule has 0 aliphatic rings. The zero-order valence-corrected chi connectivity index (χ0v) is 20.8. The number of ether oxygens (including phenoxy) is 1. The fourth-order valence-electron chi connectivity index (χ4n) is 3.38. The molecule has 8 nitrogen and oxygen atoms in total. The maximum absolute atomic E-state index is 13.1. The molecule has 3 amide bonds. The Morgan fingerprint density at radius 1 is 0.971 bits per heavy atom. The molecule has 0 fully saturated rings. The van der Waals surface area contributed by atoms with Crippen LogP contribution in [0.1, 0.15) is 16.1 Å². The number of anilines is 1. The van der Waals surface area contributed by atoms with Crippen LogP contribution in [0.5, 0.6) is 5.75 Å². The number of amides is 3. The van der Waals surface area contributed by atoms with Crippen molar-refractivity contribution < 1.29 is 19.1 Å². The second-order valence-corrected chi connectivity index (χ2v) is 8.80. The number of halogens is 2. The Bertz CT molecular complexity index is 1420. The van der Waals surface area contributed by atoms with E-state index >= 15 is 0 Å². The highest BCUT2D eigenvalue weighted by Crippen LogP contribution is 2.25. The minimum absolute atomic E-state index is 0.120. The molecular weight excluding hydrogens is 536 g/mol. The van der Waals surface area contributed by atoms with Crippen molar-refractivity contribution in [2.75, 3.05) is 17.9 Å². The highest BCUT2D eigenvalue weighted by Gasteiger charge is 2.21. The molecule has 10 heteroatoms. The fraction of sp³-hybridized carbons (Fsp3) is 0.0800. The molecule has 178 valence electrons. The minimum atomic E-state index is -0.925. The first-order valence-electron chi connectivity index (χ1n) is 10.4. The monoisotopic (exact) mass is 554 g/mol. The number of methoxy groups -OCH3 is 1.